The average Bonchev–Trinajstić information content (AvgIpc) is 2.91. The van der Waals surface area contributed by atoms with Crippen LogP contribution in [0.3, 0.4) is 0 Å². The van der Waals surface area contributed by atoms with Crippen molar-refractivity contribution in [1.82, 2.24) is 4.90 Å². The molecule has 1 amide bonds. The number of likely N-dealkylation sites (tertiary alicyclic amines) is 1. The highest BCUT2D eigenvalue weighted by Crippen LogP contribution is 2.37. The van der Waals surface area contributed by atoms with Crippen LogP contribution in [0.15, 0.2) is 24.3 Å². The van der Waals surface area contributed by atoms with Crippen molar-refractivity contribution in [2.45, 2.75) is 57.3 Å². The standard InChI is InChI=1S/C19H27FN2O3/c1-18(2,3)25-17(23)22-10-8-19(9-11-22)12-16(13-24-19)21-15-6-4-14(20)5-7-15/h4-7,16,21H,8-13H2,1-3H3. The highest BCUT2D eigenvalue weighted by Gasteiger charge is 2.44. The number of hydrogen-bond donors (Lipinski definition) is 1. The van der Waals surface area contributed by atoms with Crippen molar-refractivity contribution in [3.8, 4) is 0 Å². The number of nitrogens with one attached hydrogen (secondary N) is 1. The summed E-state index contributed by atoms with van der Waals surface area (Å²) >= 11 is 0. The van der Waals surface area contributed by atoms with Gasteiger partial charge in [0.15, 0.2) is 0 Å². The van der Waals surface area contributed by atoms with E-state index in [-0.39, 0.29) is 23.6 Å². The first-order valence-electron chi connectivity index (χ1n) is 8.89. The van der Waals surface area contributed by atoms with Gasteiger partial charge in [-0.15, -0.1) is 0 Å². The topological polar surface area (TPSA) is 50.8 Å². The Bertz CT molecular complexity index is 604. The first kappa shape index (κ1) is 18.0. The van der Waals surface area contributed by atoms with E-state index in [1.807, 2.05) is 20.8 Å². The summed E-state index contributed by atoms with van der Waals surface area (Å²) in [4.78, 5) is 13.9. The van der Waals surface area contributed by atoms with Crippen molar-refractivity contribution in [3.05, 3.63) is 30.1 Å². The van der Waals surface area contributed by atoms with Crippen LogP contribution in [0.4, 0.5) is 14.9 Å². The van der Waals surface area contributed by atoms with Gasteiger partial charge in [0.2, 0.25) is 0 Å². The summed E-state index contributed by atoms with van der Waals surface area (Å²) in [5, 5.41) is 3.41. The van der Waals surface area contributed by atoms with Crippen LogP contribution in [0, 0.1) is 5.82 Å². The van der Waals surface area contributed by atoms with Crippen molar-refractivity contribution in [2.24, 2.45) is 0 Å². The number of carbonyl (C=O) groups is 1. The Hall–Kier alpha value is -1.82. The molecule has 1 N–H and O–H groups in total. The zero-order valence-corrected chi connectivity index (χ0v) is 15.2. The molecule has 2 fully saturated rings. The molecule has 0 aromatic heterocycles. The van der Waals surface area contributed by atoms with Gasteiger partial charge in [-0.3, -0.25) is 0 Å². The van der Waals surface area contributed by atoms with E-state index in [0.29, 0.717) is 19.7 Å². The largest absolute Gasteiger partial charge is 0.444 e. The van der Waals surface area contributed by atoms with Crippen LogP contribution in [0.25, 0.3) is 0 Å². The quantitative estimate of drug-likeness (QED) is 0.881. The fraction of sp³-hybridized carbons (Fsp3) is 0.632. The molecule has 1 spiro atoms. The van der Waals surface area contributed by atoms with Gasteiger partial charge in [0, 0.05) is 18.8 Å². The van der Waals surface area contributed by atoms with Gasteiger partial charge in [0.05, 0.1) is 18.2 Å². The Kier molecular flexibility index (Phi) is 4.91. The lowest BCUT2D eigenvalue weighted by molar-refractivity contribution is -0.0485. The van der Waals surface area contributed by atoms with E-state index in [4.69, 9.17) is 9.47 Å². The maximum atomic E-state index is 13.0. The fourth-order valence-corrected chi connectivity index (χ4v) is 3.49. The van der Waals surface area contributed by atoms with Gasteiger partial charge in [-0.05, 0) is 64.3 Å². The first-order valence-corrected chi connectivity index (χ1v) is 8.89. The predicted molar refractivity (Wildman–Crippen MR) is 94.2 cm³/mol. The molecule has 1 aromatic carbocycles. The molecule has 6 heteroatoms. The van der Waals surface area contributed by atoms with Gasteiger partial charge in [-0.2, -0.15) is 0 Å². The molecule has 25 heavy (non-hydrogen) atoms. The summed E-state index contributed by atoms with van der Waals surface area (Å²) in [7, 11) is 0. The van der Waals surface area contributed by atoms with Gasteiger partial charge in [-0.1, -0.05) is 0 Å². The third kappa shape index (κ3) is 4.63. The molecule has 5 nitrogen and oxygen atoms in total. The van der Waals surface area contributed by atoms with E-state index >= 15 is 0 Å². The van der Waals surface area contributed by atoms with Crippen LogP contribution in [-0.2, 0) is 9.47 Å². The molecule has 0 radical (unpaired) electrons. The monoisotopic (exact) mass is 350 g/mol. The lowest BCUT2D eigenvalue weighted by Gasteiger charge is -2.39. The summed E-state index contributed by atoms with van der Waals surface area (Å²) in [6.07, 6.45) is 2.27. The third-order valence-electron chi connectivity index (χ3n) is 4.75. The minimum absolute atomic E-state index is 0.170. The molecule has 1 atom stereocenters. The molecular weight excluding hydrogens is 323 g/mol. The van der Waals surface area contributed by atoms with Crippen LogP contribution in [0.2, 0.25) is 0 Å². The van der Waals surface area contributed by atoms with Crippen LogP contribution >= 0.6 is 0 Å². The molecule has 3 rings (SSSR count). The summed E-state index contributed by atoms with van der Waals surface area (Å²) < 4.78 is 24.5. The van der Waals surface area contributed by atoms with Crippen LogP contribution in [0.5, 0.6) is 0 Å². The Morgan fingerprint density at radius 3 is 2.52 bits per heavy atom. The number of nitrogens with zero attached hydrogens (tertiary/aromatic N) is 1. The van der Waals surface area contributed by atoms with E-state index in [2.05, 4.69) is 5.32 Å². The van der Waals surface area contributed by atoms with Gasteiger partial charge in [0.25, 0.3) is 0 Å². The van der Waals surface area contributed by atoms with E-state index in [9.17, 15) is 9.18 Å². The van der Waals surface area contributed by atoms with E-state index < -0.39 is 5.60 Å². The van der Waals surface area contributed by atoms with Crippen LogP contribution < -0.4 is 5.32 Å². The summed E-state index contributed by atoms with van der Waals surface area (Å²) in [5.74, 6) is -0.237. The minimum atomic E-state index is -0.472. The van der Waals surface area contributed by atoms with Crippen molar-refractivity contribution in [2.75, 3.05) is 25.0 Å². The van der Waals surface area contributed by atoms with Gasteiger partial charge in [-0.25, -0.2) is 9.18 Å². The lowest BCUT2D eigenvalue weighted by atomic mass is 9.87. The number of piperidine rings is 1. The number of anilines is 1. The van der Waals surface area contributed by atoms with Gasteiger partial charge >= 0.3 is 6.09 Å². The normalized spacial score (nSPS) is 22.9. The minimum Gasteiger partial charge on any atom is -0.444 e. The molecule has 2 aliphatic heterocycles. The molecule has 0 bridgehead atoms. The van der Waals surface area contributed by atoms with E-state index in [1.54, 1.807) is 17.0 Å². The Morgan fingerprint density at radius 2 is 1.92 bits per heavy atom. The van der Waals surface area contributed by atoms with Crippen molar-refractivity contribution in [3.63, 3.8) is 0 Å². The molecule has 1 unspecified atom stereocenters. The highest BCUT2D eigenvalue weighted by molar-refractivity contribution is 5.68. The molecule has 0 aliphatic carbocycles. The Balaban J connectivity index is 1.50. The van der Waals surface area contributed by atoms with Gasteiger partial charge < -0.3 is 19.7 Å². The second-order valence-electron chi connectivity index (χ2n) is 8.01. The zero-order valence-electron chi connectivity index (χ0n) is 15.2. The molecule has 2 heterocycles. The third-order valence-corrected chi connectivity index (χ3v) is 4.75. The van der Waals surface area contributed by atoms with Gasteiger partial charge in [0.1, 0.15) is 11.4 Å². The first-order chi connectivity index (χ1) is 11.7. The molecule has 138 valence electrons. The molecule has 2 saturated heterocycles. The van der Waals surface area contributed by atoms with Crippen LogP contribution in [-0.4, -0.2) is 47.9 Å². The zero-order chi connectivity index (χ0) is 18.1. The number of rotatable bonds is 2. The maximum Gasteiger partial charge on any atom is 0.410 e. The second kappa shape index (κ2) is 6.83. The summed E-state index contributed by atoms with van der Waals surface area (Å²) in [6.45, 7) is 7.56. The number of halogens is 1. The smallest absolute Gasteiger partial charge is 0.410 e. The van der Waals surface area contributed by atoms with E-state index in [0.717, 1.165) is 24.9 Å². The number of benzene rings is 1. The van der Waals surface area contributed by atoms with Crippen molar-refractivity contribution < 1.29 is 18.7 Å². The molecule has 0 saturated carbocycles. The number of ether oxygens (including phenoxy) is 2. The van der Waals surface area contributed by atoms with Crippen molar-refractivity contribution in [1.29, 1.82) is 0 Å². The Labute approximate surface area is 148 Å². The molecule has 1 aromatic rings. The number of amides is 1. The summed E-state index contributed by atoms with van der Waals surface area (Å²) in [5.41, 5.74) is 0.259. The lowest BCUT2D eigenvalue weighted by Crippen LogP contribution is -2.48. The van der Waals surface area contributed by atoms with E-state index in [1.165, 1.54) is 12.1 Å². The Morgan fingerprint density at radius 1 is 1.28 bits per heavy atom. The fourth-order valence-electron chi connectivity index (χ4n) is 3.49. The second-order valence-corrected chi connectivity index (χ2v) is 8.01. The number of carbonyl (C=O) groups excluding carboxylic acids is 1. The predicted octanol–water partition coefficient (Wildman–Crippen LogP) is 3.80. The SMILES string of the molecule is CC(C)(C)OC(=O)N1CCC2(CC1)CC(Nc1ccc(F)cc1)CO2. The highest BCUT2D eigenvalue weighted by atomic mass is 19.1. The van der Waals surface area contributed by atoms with Crippen LogP contribution in [0.1, 0.15) is 40.0 Å². The van der Waals surface area contributed by atoms with Crippen molar-refractivity contribution >= 4 is 11.8 Å². The number of hydrogen-bond acceptors (Lipinski definition) is 4. The maximum absolute atomic E-state index is 13.0. The molecular formula is C19H27FN2O3. The summed E-state index contributed by atoms with van der Waals surface area (Å²) in [6, 6.07) is 6.59. The average molecular weight is 350 g/mol. The molecule has 2 aliphatic rings.